The summed E-state index contributed by atoms with van der Waals surface area (Å²) >= 11 is 0. The van der Waals surface area contributed by atoms with Crippen molar-refractivity contribution in [2.45, 2.75) is 316 Å². The van der Waals surface area contributed by atoms with Crippen LogP contribution in [0.3, 0.4) is 0 Å². The minimum atomic E-state index is -4.99. The average Bonchev–Trinajstić information content (AvgIpc) is 1.14. The Balaban J connectivity index is 5.40. The molecule has 0 saturated carbocycles. The topological polar surface area (TPSA) is 237 Å². The molecule has 0 amide bonds. The average molecular weight is 1390 g/mol. The highest BCUT2D eigenvalue weighted by atomic mass is 31.2. The summed E-state index contributed by atoms with van der Waals surface area (Å²) < 4.78 is 68.2. The summed E-state index contributed by atoms with van der Waals surface area (Å²) in [6.07, 6.45) is 72.6. The molecule has 0 bridgehead atoms. The first-order chi connectivity index (χ1) is 46.7. The van der Waals surface area contributed by atoms with Crippen LogP contribution in [0.15, 0.2) is 109 Å². The number of allylic oxidation sites excluding steroid dienone is 17. The van der Waals surface area contributed by atoms with E-state index in [0.29, 0.717) is 25.7 Å². The number of rotatable bonds is 69. The van der Waals surface area contributed by atoms with E-state index in [9.17, 15) is 43.2 Å². The van der Waals surface area contributed by atoms with E-state index in [2.05, 4.69) is 113 Å². The highest BCUT2D eigenvalue weighted by Crippen LogP contribution is 2.45. The van der Waals surface area contributed by atoms with Gasteiger partial charge in [-0.2, -0.15) is 0 Å². The van der Waals surface area contributed by atoms with Crippen LogP contribution < -0.4 is 0 Å². The minimum Gasteiger partial charge on any atom is -0.462 e. The summed E-state index contributed by atoms with van der Waals surface area (Å²) in [7, 11) is -9.97. The monoisotopic (exact) mass is 1390 g/mol. The zero-order valence-electron chi connectivity index (χ0n) is 60.0. The van der Waals surface area contributed by atoms with Crippen LogP contribution >= 0.6 is 15.6 Å². The number of hydrogen-bond acceptors (Lipinski definition) is 15. The van der Waals surface area contributed by atoms with E-state index in [1.165, 1.54) is 70.6 Å². The Hall–Kier alpha value is -4.28. The van der Waals surface area contributed by atoms with Gasteiger partial charge < -0.3 is 33.8 Å². The molecule has 96 heavy (non-hydrogen) atoms. The van der Waals surface area contributed by atoms with E-state index < -0.39 is 97.5 Å². The van der Waals surface area contributed by atoms with E-state index in [1.807, 2.05) is 18.2 Å². The van der Waals surface area contributed by atoms with Crippen LogP contribution in [0.2, 0.25) is 0 Å². The fraction of sp³-hybridized carbons (Fsp3) is 0.714. The van der Waals surface area contributed by atoms with Gasteiger partial charge in [-0.1, -0.05) is 278 Å². The van der Waals surface area contributed by atoms with Gasteiger partial charge >= 0.3 is 39.5 Å². The van der Waals surface area contributed by atoms with Gasteiger partial charge in [-0.15, -0.1) is 0 Å². The summed E-state index contributed by atoms with van der Waals surface area (Å²) in [6, 6.07) is 0. The molecule has 0 radical (unpaired) electrons. The first-order valence-corrected chi connectivity index (χ1v) is 40.1. The minimum absolute atomic E-state index is 0.0577. The normalized spacial score (nSPS) is 14.6. The standard InChI is InChI=1S/C77H132O17P2/c1-5-9-13-17-21-25-29-33-35-39-41-45-49-53-57-61-74(79)87-67-72(93-76(81)63-59-55-51-47-43-37-31-27-23-19-15-11-7-3)69-91-95(83,84)89-65-71(78)66-90-96(85,86)92-70-73(94-77(82)64-60-56-52-48-44-38-32-28-24-20-16-12-8-4)68-88-75(80)62-58-54-50-46-42-40-36-34-30-26-22-18-14-10-6-2/h9,13,15-16,19-21,25,27-28,31-33,35,41,45,53,57,71-73,78H,5-8,10-12,14,17-18,22-24,26,29-30,34,36-40,42-44,46-52,54-56,58-70H2,1-4H3,(H,83,84)(H,85,86)/b13-9-,19-15-,20-16-,25-21-,31-27-,32-28-,35-33-,45-41-,57-53-. The molecule has 552 valence electrons. The largest absolute Gasteiger partial charge is 0.472 e. The summed E-state index contributed by atoms with van der Waals surface area (Å²) in [6.45, 7) is 4.49. The molecule has 5 unspecified atom stereocenters. The van der Waals surface area contributed by atoms with E-state index in [1.54, 1.807) is 6.08 Å². The lowest BCUT2D eigenvalue weighted by Crippen LogP contribution is -2.30. The summed E-state index contributed by atoms with van der Waals surface area (Å²) in [5, 5.41) is 10.6. The predicted octanol–water partition coefficient (Wildman–Crippen LogP) is 21.0. The smallest absolute Gasteiger partial charge is 0.462 e. The van der Waals surface area contributed by atoms with Crippen LogP contribution in [0.5, 0.6) is 0 Å². The van der Waals surface area contributed by atoms with Gasteiger partial charge in [0, 0.05) is 19.3 Å². The molecule has 0 heterocycles. The van der Waals surface area contributed by atoms with Gasteiger partial charge in [-0.3, -0.25) is 37.3 Å². The van der Waals surface area contributed by atoms with E-state index in [4.69, 9.17) is 37.0 Å². The second-order valence-electron chi connectivity index (χ2n) is 24.5. The molecule has 0 fully saturated rings. The molecule has 0 aliphatic carbocycles. The van der Waals surface area contributed by atoms with Gasteiger partial charge in [0.2, 0.25) is 0 Å². The van der Waals surface area contributed by atoms with Crippen molar-refractivity contribution in [3.63, 3.8) is 0 Å². The summed E-state index contributed by atoms with van der Waals surface area (Å²) in [5.74, 6) is -2.35. The lowest BCUT2D eigenvalue weighted by Gasteiger charge is -2.21. The maximum Gasteiger partial charge on any atom is 0.472 e. The maximum atomic E-state index is 13.1. The van der Waals surface area contributed by atoms with Crippen molar-refractivity contribution in [3.05, 3.63) is 109 Å². The van der Waals surface area contributed by atoms with Crippen molar-refractivity contribution in [2.75, 3.05) is 39.6 Å². The number of hydrogen-bond donors (Lipinski definition) is 3. The number of aliphatic hydroxyl groups is 1. The number of ether oxygens (including phenoxy) is 4. The van der Waals surface area contributed by atoms with Crippen molar-refractivity contribution in [1.29, 1.82) is 0 Å². The zero-order chi connectivity index (χ0) is 70.4. The Morgan fingerprint density at radius 3 is 0.969 bits per heavy atom. The van der Waals surface area contributed by atoms with Crippen LogP contribution in [0.4, 0.5) is 0 Å². The summed E-state index contributed by atoms with van der Waals surface area (Å²) in [5.41, 5.74) is 0. The first kappa shape index (κ1) is 91.7. The number of carbonyl (C=O) groups excluding carboxylic acids is 4. The quantitative estimate of drug-likeness (QED) is 0.0169. The van der Waals surface area contributed by atoms with Crippen molar-refractivity contribution < 1.29 is 80.2 Å². The molecular weight excluding hydrogens is 1260 g/mol. The summed E-state index contributed by atoms with van der Waals surface area (Å²) in [4.78, 5) is 72.7. The third-order valence-electron chi connectivity index (χ3n) is 15.2. The molecule has 0 aliphatic rings. The number of phosphoric acid groups is 2. The first-order valence-electron chi connectivity index (χ1n) is 37.1. The van der Waals surface area contributed by atoms with Gasteiger partial charge in [-0.05, 0) is 103 Å². The molecule has 19 heteroatoms. The van der Waals surface area contributed by atoms with Crippen LogP contribution in [0.1, 0.15) is 297 Å². The Labute approximate surface area is 581 Å². The predicted molar refractivity (Wildman–Crippen MR) is 390 cm³/mol. The number of carbonyl (C=O) groups is 4. The molecule has 0 aromatic rings. The number of unbranched alkanes of at least 4 members (excludes halogenated alkanes) is 26. The molecule has 17 nitrogen and oxygen atoms in total. The van der Waals surface area contributed by atoms with E-state index >= 15 is 0 Å². The molecule has 3 N–H and O–H groups in total. The SMILES string of the molecule is CC/C=C\C/C=C\C/C=C\C/C=C\C/C=C\CC(=O)OCC(COP(=O)(O)OCC(O)COP(=O)(O)OCC(COC(=O)CCCCCCCCCCCCCCCCC)OC(=O)CCCCCCC/C=C\C/C=C\CCC)OC(=O)CCCCCCC/C=C\C/C=C\CCC. The Kier molecular flexibility index (Phi) is 66.1. The molecule has 0 spiro atoms. The number of aliphatic hydroxyl groups excluding tert-OH is 1. The second kappa shape index (κ2) is 69.2. The molecule has 5 atom stereocenters. The van der Waals surface area contributed by atoms with Crippen LogP contribution in [-0.4, -0.2) is 96.7 Å². The molecular formula is C77H132O17P2. The molecule has 0 aromatic carbocycles. The maximum absolute atomic E-state index is 13.1. The number of esters is 4. The van der Waals surface area contributed by atoms with E-state index in [-0.39, 0.29) is 25.7 Å². The Morgan fingerprint density at radius 1 is 0.312 bits per heavy atom. The number of phosphoric ester groups is 2. The zero-order valence-corrected chi connectivity index (χ0v) is 61.8. The molecule has 0 aliphatic heterocycles. The fourth-order valence-corrected chi connectivity index (χ4v) is 11.2. The van der Waals surface area contributed by atoms with Crippen molar-refractivity contribution in [3.8, 4) is 0 Å². The molecule has 0 rings (SSSR count). The highest BCUT2D eigenvalue weighted by Gasteiger charge is 2.30. The highest BCUT2D eigenvalue weighted by molar-refractivity contribution is 7.47. The van der Waals surface area contributed by atoms with Crippen LogP contribution in [-0.2, 0) is 65.4 Å². The van der Waals surface area contributed by atoms with Gasteiger partial charge in [0.05, 0.1) is 32.8 Å². The molecule has 0 aromatic heterocycles. The second-order valence-corrected chi connectivity index (χ2v) is 27.4. The van der Waals surface area contributed by atoms with Crippen molar-refractivity contribution in [1.82, 2.24) is 0 Å². The van der Waals surface area contributed by atoms with Gasteiger partial charge in [-0.25, -0.2) is 9.13 Å². The van der Waals surface area contributed by atoms with Crippen LogP contribution in [0.25, 0.3) is 0 Å². The van der Waals surface area contributed by atoms with E-state index in [0.717, 1.165) is 148 Å². The Morgan fingerprint density at radius 2 is 0.604 bits per heavy atom. The van der Waals surface area contributed by atoms with Gasteiger partial charge in [0.1, 0.15) is 19.3 Å². The third-order valence-corrected chi connectivity index (χ3v) is 17.1. The lowest BCUT2D eigenvalue weighted by atomic mass is 10.0. The third kappa shape index (κ3) is 68.3. The van der Waals surface area contributed by atoms with Crippen molar-refractivity contribution in [2.24, 2.45) is 0 Å². The van der Waals surface area contributed by atoms with Crippen molar-refractivity contribution >= 4 is 39.5 Å². The molecule has 0 saturated heterocycles. The van der Waals surface area contributed by atoms with Crippen LogP contribution in [0, 0.1) is 0 Å². The fourth-order valence-electron chi connectivity index (χ4n) is 9.60. The van der Waals surface area contributed by atoms with Gasteiger partial charge in [0.25, 0.3) is 0 Å². The Bertz CT molecular complexity index is 2250. The lowest BCUT2D eigenvalue weighted by molar-refractivity contribution is -0.161. The van der Waals surface area contributed by atoms with Gasteiger partial charge in [0.15, 0.2) is 12.2 Å².